The highest BCUT2D eigenvalue weighted by atomic mass is 32.1. The SMILES string of the molecule is COCCOCc1nnc(N2CCCC(c3ccc(F)cc3)CC2)n1Cc1cccs1. The zero-order valence-electron chi connectivity index (χ0n) is 17.9. The van der Waals surface area contributed by atoms with Crippen molar-refractivity contribution in [2.75, 3.05) is 38.3 Å². The number of hydrogen-bond donors (Lipinski definition) is 0. The number of hydrogen-bond acceptors (Lipinski definition) is 6. The third-order valence-corrected chi connectivity index (χ3v) is 6.58. The molecule has 0 aliphatic carbocycles. The molecule has 166 valence electrons. The van der Waals surface area contributed by atoms with Crippen LogP contribution in [0.2, 0.25) is 0 Å². The Hall–Kier alpha value is -2.29. The van der Waals surface area contributed by atoms with E-state index in [4.69, 9.17) is 9.47 Å². The number of halogens is 1. The van der Waals surface area contributed by atoms with Crippen LogP contribution in [-0.4, -0.2) is 48.2 Å². The van der Waals surface area contributed by atoms with Gasteiger partial charge < -0.3 is 14.4 Å². The van der Waals surface area contributed by atoms with E-state index >= 15 is 0 Å². The van der Waals surface area contributed by atoms with E-state index in [1.807, 2.05) is 12.1 Å². The van der Waals surface area contributed by atoms with Gasteiger partial charge in [-0.3, -0.25) is 4.57 Å². The van der Waals surface area contributed by atoms with Crippen molar-refractivity contribution < 1.29 is 13.9 Å². The summed E-state index contributed by atoms with van der Waals surface area (Å²) in [5.74, 6) is 1.99. The molecule has 1 aromatic carbocycles. The number of nitrogens with zero attached hydrogens (tertiary/aromatic N) is 4. The largest absolute Gasteiger partial charge is 0.382 e. The zero-order valence-corrected chi connectivity index (χ0v) is 18.7. The molecule has 1 unspecified atom stereocenters. The first-order chi connectivity index (χ1) is 15.2. The van der Waals surface area contributed by atoms with Crippen LogP contribution in [-0.2, 0) is 22.6 Å². The number of ether oxygens (including phenoxy) is 2. The van der Waals surface area contributed by atoms with Gasteiger partial charge in [0.25, 0.3) is 0 Å². The normalized spacial score (nSPS) is 17.1. The Bertz CT molecular complexity index is 930. The minimum Gasteiger partial charge on any atom is -0.382 e. The molecular weight excluding hydrogens is 415 g/mol. The van der Waals surface area contributed by atoms with Gasteiger partial charge in [-0.15, -0.1) is 21.5 Å². The predicted octanol–water partition coefficient (Wildman–Crippen LogP) is 4.46. The van der Waals surface area contributed by atoms with Crippen molar-refractivity contribution >= 4 is 17.3 Å². The Morgan fingerprint density at radius 1 is 1.10 bits per heavy atom. The van der Waals surface area contributed by atoms with Crippen LogP contribution in [0.5, 0.6) is 0 Å². The van der Waals surface area contributed by atoms with Crippen molar-refractivity contribution in [3.63, 3.8) is 0 Å². The third kappa shape index (κ3) is 5.70. The van der Waals surface area contributed by atoms with Crippen LogP contribution >= 0.6 is 11.3 Å². The lowest BCUT2D eigenvalue weighted by Gasteiger charge is -2.22. The quantitative estimate of drug-likeness (QED) is 0.456. The standard InChI is InChI=1S/C23H29FN4O2S/c1-29-13-14-30-17-22-25-26-23(28(22)16-21-5-3-15-31-21)27-11-2-4-18(10-12-27)19-6-8-20(24)9-7-19/h3,5-9,15,18H,2,4,10-14,16-17H2,1H3. The number of anilines is 1. The van der Waals surface area contributed by atoms with E-state index in [0.717, 1.165) is 50.7 Å². The summed E-state index contributed by atoms with van der Waals surface area (Å²) in [5, 5.41) is 11.1. The first-order valence-electron chi connectivity index (χ1n) is 10.8. The van der Waals surface area contributed by atoms with E-state index in [9.17, 15) is 4.39 Å². The zero-order chi connectivity index (χ0) is 21.5. The van der Waals surface area contributed by atoms with Gasteiger partial charge in [-0.25, -0.2) is 4.39 Å². The third-order valence-electron chi connectivity index (χ3n) is 5.72. The van der Waals surface area contributed by atoms with Crippen LogP contribution in [0.4, 0.5) is 10.3 Å². The molecule has 1 atom stereocenters. The van der Waals surface area contributed by atoms with Crippen molar-refractivity contribution in [1.82, 2.24) is 14.8 Å². The van der Waals surface area contributed by atoms with Crippen molar-refractivity contribution in [2.45, 2.75) is 38.3 Å². The summed E-state index contributed by atoms with van der Waals surface area (Å²) in [5.41, 5.74) is 1.22. The average molecular weight is 445 g/mol. The molecular formula is C23H29FN4O2S. The molecule has 3 heterocycles. The summed E-state index contributed by atoms with van der Waals surface area (Å²) >= 11 is 1.73. The van der Waals surface area contributed by atoms with E-state index in [0.29, 0.717) is 25.7 Å². The molecule has 4 rings (SSSR count). The van der Waals surface area contributed by atoms with Gasteiger partial charge >= 0.3 is 0 Å². The van der Waals surface area contributed by atoms with E-state index in [1.165, 1.54) is 10.4 Å². The number of thiophene rings is 1. The topological polar surface area (TPSA) is 52.4 Å². The predicted molar refractivity (Wildman–Crippen MR) is 120 cm³/mol. The van der Waals surface area contributed by atoms with Gasteiger partial charge in [0.05, 0.1) is 19.8 Å². The lowest BCUT2D eigenvalue weighted by atomic mass is 9.92. The van der Waals surface area contributed by atoms with Crippen LogP contribution in [0.15, 0.2) is 41.8 Å². The van der Waals surface area contributed by atoms with E-state index in [2.05, 4.69) is 37.2 Å². The number of rotatable bonds is 9. The molecule has 31 heavy (non-hydrogen) atoms. The van der Waals surface area contributed by atoms with Crippen LogP contribution in [0.1, 0.15) is 41.4 Å². The molecule has 0 saturated carbocycles. The molecule has 2 aromatic heterocycles. The van der Waals surface area contributed by atoms with E-state index in [-0.39, 0.29) is 5.82 Å². The lowest BCUT2D eigenvalue weighted by Crippen LogP contribution is -2.28. The second-order valence-corrected chi connectivity index (χ2v) is 8.83. The molecule has 1 aliphatic rings. The summed E-state index contributed by atoms with van der Waals surface area (Å²) < 4.78 is 26.3. The fourth-order valence-electron chi connectivity index (χ4n) is 4.06. The maximum Gasteiger partial charge on any atom is 0.227 e. The highest BCUT2D eigenvalue weighted by molar-refractivity contribution is 7.09. The fraction of sp³-hybridized carbons (Fsp3) is 0.478. The summed E-state index contributed by atoms with van der Waals surface area (Å²) in [6, 6.07) is 11.2. The highest BCUT2D eigenvalue weighted by Crippen LogP contribution is 2.30. The van der Waals surface area contributed by atoms with E-state index < -0.39 is 0 Å². The van der Waals surface area contributed by atoms with Gasteiger partial charge in [0.1, 0.15) is 12.4 Å². The van der Waals surface area contributed by atoms with Crippen molar-refractivity contribution in [3.05, 3.63) is 63.9 Å². The minimum atomic E-state index is -0.180. The summed E-state index contributed by atoms with van der Waals surface area (Å²) in [7, 11) is 1.67. The van der Waals surface area contributed by atoms with Gasteiger partial charge in [0.15, 0.2) is 5.82 Å². The maximum absolute atomic E-state index is 13.3. The lowest BCUT2D eigenvalue weighted by molar-refractivity contribution is 0.0573. The molecule has 1 aliphatic heterocycles. The number of aromatic nitrogens is 3. The fourth-order valence-corrected chi connectivity index (χ4v) is 4.75. The average Bonchev–Trinajstić information content (AvgIpc) is 3.37. The highest BCUT2D eigenvalue weighted by Gasteiger charge is 2.23. The number of methoxy groups -OCH3 is 1. The number of benzene rings is 1. The first kappa shape index (κ1) is 21.9. The Labute approximate surface area is 186 Å². The van der Waals surface area contributed by atoms with Crippen molar-refractivity contribution in [3.8, 4) is 0 Å². The summed E-state index contributed by atoms with van der Waals surface area (Å²) in [6.45, 7) is 4.07. The van der Waals surface area contributed by atoms with Crippen LogP contribution in [0.25, 0.3) is 0 Å². The molecule has 8 heteroatoms. The summed E-state index contributed by atoms with van der Waals surface area (Å²) in [4.78, 5) is 3.60. The van der Waals surface area contributed by atoms with Crippen molar-refractivity contribution in [2.24, 2.45) is 0 Å². The van der Waals surface area contributed by atoms with Gasteiger partial charge in [-0.1, -0.05) is 18.2 Å². The molecule has 1 saturated heterocycles. The molecule has 3 aromatic rings. The van der Waals surface area contributed by atoms with Gasteiger partial charge in [-0.05, 0) is 54.3 Å². The van der Waals surface area contributed by atoms with Crippen molar-refractivity contribution in [1.29, 1.82) is 0 Å². The molecule has 0 bridgehead atoms. The van der Waals surface area contributed by atoms with Gasteiger partial charge in [0.2, 0.25) is 5.95 Å². The van der Waals surface area contributed by atoms with Gasteiger partial charge in [-0.2, -0.15) is 0 Å². The molecule has 0 spiro atoms. The maximum atomic E-state index is 13.3. The van der Waals surface area contributed by atoms with Crippen LogP contribution in [0.3, 0.4) is 0 Å². The minimum absolute atomic E-state index is 0.180. The monoisotopic (exact) mass is 444 g/mol. The second kappa shape index (κ2) is 10.8. The Morgan fingerprint density at radius 3 is 2.74 bits per heavy atom. The molecule has 1 fully saturated rings. The Kier molecular flexibility index (Phi) is 7.66. The van der Waals surface area contributed by atoms with Gasteiger partial charge in [0, 0.05) is 25.1 Å². The Morgan fingerprint density at radius 2 is 1.97 bits per heavy atom. The molecule has 6 nitrogen and oxygen atoms in total. The Balaban J connectivity index is 1.49. The van der Waals surface area contributed by atoms with Crippen LogP contribution < -0.4 is 4.90 Å². The second-order valence-electron chi connectivity index (χ2n) is 7.79. The molecule has 0 radical (unpaired) electrons. The van der Waals surface area contributed by atoms with Crippen LogP contribution in [0, 0.1) is 5.82 Å². The molecule has 0 N–H and O–H groups in total. The summed E-state index contributed by atoms with van der Waals surface area (Å²) in [6.07, 6.45) is 3.17. The molecule has 0 amide bonds. The van der Waals surface area contributed by atoms with E-state index in [1.54, 1.807) is 30.6 Å². The first-order valence-corrected chi connectivity index (χ1v) is 11.6. The smallest absolute Gasteiger partial charge is 0.227 e.